The minimum absolute atomic E-state index is 0.147. The number of benzene rings is 1. The van der Waals surface area contributed by atoms with Crippen LogP contribution in [0.3, 0.4) is 0 Å². The number of aliphatic hydroxyl groups is 1. The monoisotopic (exact) mass is 194 g/mol. The van der Waals surface area contributed by atoms with E-state index in [9.17, 15) is 0 Å². The van der Waals surface area contributed by atoms with Crippen LogP contribution in [-0.2, 0) is 6.61 Å². The standard InChI is InChI=1S/C11H14OS/c12-8-9-4-6-11(7-5-9)13-10-2-1-3-10/h4-7,10,12H,1-3,8H2. The van der Waals surface area contributed by atoms with Crippen molar-refractivity contribution in [3.63, 3.8) is 0 Å². The van der Waals surface area contributed by atoms with Gasteiger partial charge in [-0.15, -0.1) is 11.8 Å². The van der Waals surface area contributed by atoms with E-state index >= 15 is 0 Å². The van der Waals surface area contributed by atoms with E-state index in [1.807, 2.05) is 23.9 Å². The first kappa shape index (κ1) is 9.10. The Balaban J connectivity index is 1.96. The fraction of sp³-hybridized carbons (Fsp3) is 0.455. The molecular formula is C11H14OS. The SMILES string of the molecule is OCc1ccc(SC2CCC2)cc1. The highest BCUT2D eigenvalue weighted by Gasteiger charge is 2.17. The van der Waals surface area contributed by atoms with Gasteiger partial charge in [0.15, 0.2) is 0 Å². The maximum atomic E-state index is 8.86. The molecule has 13 heavy (non-hydrogen) atoms. The predicted molar refractivity (Wildman–Crippen MR) is 55.9 cm³/mol. The molecule has 0 amide bonds. The van der Waals surface area contributed by atoms with Crippen molar-refractivity contribution in [2.24, 2.45) is 0 Å². The van der Waals surface area contributed by atoms with Gasteiger partial charge in [-0.25, -0.2) is 0 Å². The van der Waals surface area contributed by atoms with Crippen LogP contribution < -0.4 is 0 Å². The fourth-order valence-electron chi connectivity index (χ4n) is 1.35. The van der Waals surface area contributed by atoms with E-state index in [-0.39, 0.29) is 6.61 Å². The highest BCUT2D eigenvalue weighted by atomic mass is 32.2. The lowest BCUT2D eigenvalue weighted by Gasteiger charge is -2.24. The van der Waals surface area contributed by atoms with Gasteiger partial charge in [0.1, 0.15) is 0 Å². The van der Waals surface area contributed by atoms with E-state index in [4.69, 9.17) is 5.11 Å². The molecule has 70 valence electrons. The van der Waals surface area contributed by atoms with Crippen LogP contribution in [0.5, 0.6) is 0 Å². The molecule has 1 aliphatic rings. The second-order valence-corrected chi connectivity index (χ2v) is 4.85. The highest BCUT2D eigenvalue weighted by molar-refractivity contribution is 8.00. The van der Waals surface area contributed by atoms with Gasteiger partial charge in [-0.1, -0.05) is 18.6 Å². The molecule has 0 heterocycles. The topological polar surface area (TPSA) is 20.2 Å². The van der Waals surface area contributed by atoms with E-state index in [1.165, 1.54) is 24.2 Å². The van der Waals surface area contributed by atoms with E-state index in [1.54, 1.807) is 0 Å². The van der Waals surface area contributed by atoms with Gasteiger partial charge >= 0.3 is 0 Å². The average Bonchev–Trinajstić information content (AvgIpc) is 2.12. The fourth-order valence-corrected chi connectivity index (χ4v) is 2.60. The van der Waals surface area contributed by atoms with Crippen LogP contribution in [-0.4, -0.2) is 10.4 Å². The Labute approximate surface area is 83.2 Å². The van der Waals surface area contributed by atoms with Gasteiger partial charge in [-0.2, -0.15) is 0 Å². The summed E-state index contributed by atoms with van der Waals surface area (Å²) in [5.74, 6) is 0. The molecule has 1 aromatic carbocycles. The molecule has 0 aliphatic heterocycles. The lowest BCUT2D eigenvalue weighted by atomic mass is 10.0. The summed E-state index contributed by atoms with van der Waals surface area (Å²) in [6.07, 6.45) is 4.13. The van der Waals surface area contributed by atoms with Gasteiger partial charge in [0.25, 0.3) is 0 Å². The van der Waals surface area contributed by atoms with Gasteiger partial charge in [0, 0.05) is 10.1 Å². The van der Waals surface area contributed by atoms with E-state index in [2.05, 4.69) is 12.1 Å². The predicted octanol–water partition coefficient (Wildman–Crippen LogP) is 2.82. The Morgan fingerprint density at radius 3 is 2.38 bits per heavy atom. The van der Waals surface area contributed by atoms with Crippen LogP contribution >= 0.6 is 11.8 Å². The van der Waals surface area contributed by atoms with Gasteiger partial charge in [0.2, 0.25) is 0 Å². The highest BCUT2D eigenvalue weighted by Crippen LogP contribution is 2.36. The molecule has 1 aromatic rings. The zero-order valence-electron chi connectivity index (χ0n) is 7.57. The second kappa shape index (κ2) is 4.16. The Morgan fingerprint density at radius 2 is 1.92 bits per heavy atom. The van der Waals surface area contributed by atoms with Crippen molar-refractivity contribution in [3.8, 4) is 0 Å². The van der Waals surface area contributed by atoms with Crippen LogP contribution in [0.2, 0.25) is 0 Å². The number of hydrogen-bond acceptors (Lipinski definition) is 2. The van der Waals surface area contributed by atoms with Gasteiger partial charge in [-0.05, 0) is 30.5 Å². The third kappa shape index (κ3) is 2.26. The summed E-state index contributed by atoms with van der Waals surface area (Å²) in [4.78, 5) is 1.34. The van der Waals surface area contributed by atoms with Gasteiger partial charge in [0.05, 0.1) is 6.61 Å². The van der Waals surface area contributed by atoms with Crippen molar-refractivity contribution < 1.29 is 5.11 Å². The average molecular weight is 194 g/mol. The lowest BCUT2D eigenvalue weighted by Crippen LogP contribution is -2.12. The van der Waals surface area contributed by atoms with Crippen molar-refractivity contribution in [2.75, 3.05) is 0 Å². The Morgan fingerprint density at radius 1 is 1.23 bits per heavy atom. The molecule has 0 unspecified atom stereocenters. The molecular weight excluding hydrogens is 180 g/mol. The molecule has 0 spiro atoms. The van der Waals surface area contributed by atoms with E-state index in [0.29, 0.717) is 0 Å². The maximum Gasteiger partial charge on any atom is 0.0681 e. The molecule has 1 aliphatic carbocycles. The van der Waals surface area contributed by atoms with Crippen molar-refractivity contribution in [3.05, 3.63) is 29.8 Å². The third-order valence-corrected chi connectivity index (χ3v) is 3.81. The summed E-state index contributed by atoms with van der Waals surface area (Å²) >= 11 is 1.97. The summed E-state index contributed by atoms with van der Waals surface area (Å²) < 4.78 is 0. The Kier molecular flexibility index (Phi) is 2.91. The summed E-state index contributed by atoms with van der Waals surface area (Å²) in [5, 5.41) is 9.71. The number of aliphatic hydroxyl groups excluding tert-OH is 1. The molecule has 0 aromatic heterocycles. The first-order valence-corrected chi connectivity index (χ1v) is 5.63. The number of hydrogen-bond donors (Lipinski definition) is 1. The zero-order valence-corrected chi connectivity index (χ0v) is 8.39. The molecule has 1 saturated carbocycles. The lowest BCUT2D eigenvalue weighted by molar-refractivity contribution is 0.282. The molecule has 1 N–H and O–H groups in total. The number of rotatable bonds is 3. The molecule has 0 bridgehead atoms. The van der Waals surface area contributed by atoms with Crippen molar-refractivity contribution >= 4 is 11.8 Å². The normalized spacial score (nSPS) is 17.0. The maximum absolute atomic E-state index is 8.86. The first-order chi connectivity index (χ1) is 6.38. The minimum Gasteiger partial charge on any atom is -0.392 e. The van der Waals surface area contributed by atoms with Crippen LogP contribution in [0.25, 0.3) is 0 Å². The van der Waals surface area contributed by atoms with E-state index in [0.717, 1.165) is 10.8 Å². The van der Waals surface area contributed by atoms with Crippen molar-refractivity contribution in [2.45, 2.75) is 36.0 Å². The van der Waals surface area contributed by atoms with Gasteiger partial charge < -0.3 is 5.11 Å². The van der Waals surface area contributed by atoms with Crippen LogP contribution in [0.15, 0.2) is 29.2 Å². The van der Waals surface area contributed by atoms with Crippen LogP contribution in [0.1, 0.15) is 24.8 Å². The summed E-state index contributed by atoms with van der Waals surface area (Å²) in [5.41, 5.74) is 0.998. The number of thioether (sulfide) groups is 1. The molecule has 2 rings (SSSR count). The molecule has 1 nitrogen and oxygen atoms in total. The van der Waals surface area contributed by atoms with E-state index < -0.39 is 0 Å². The first-order valence-electron chi connectivity index (χ1n) is 4.75. The van der Waals surface area contributed by atoms with Gasteiger partial charge in [-0.3, -0.25) is 0 Å². The van der Waals surface area contributed by atoms with Crippen LogP contribution in [0.4, 0.5) is 0 Å². The summed E-state index contributed by atoms with van der Waals surface area (Å²) in [6, 6.07) is 8.21. The van der Waals surface area contributed by atoms with Crippen LogP contribution in [0, 0.1) is 0 Å². The van der Waals surface area contributed by atoms with Crippen molar-refractivity contribution in [1.82, 2.24) is 0 Å². The second-order valence-electron chi connectivity index (χ2n) is 3.47. The summed E-state index contributed by atoms with van der Waals surface area (Å²) in [6.45, 7) is 0.147. The zero-order chi connectivity index (χ0) is 9.10. The molecule has 0 atom stereocenters. The molecule has 2 heteroatoms. The Bertz CT molecular complexity index is 264. The molecule has 1 fully saturated rings. The largest absolute Gasteiger partial charge is 0.392 e. The molecule has 0 radical (unpaired) electrons. The van der Waals surface area contributed by atoms with Crippen molar-refractivity contribution in [1.29, 1.82) is 0 Å². The molecule has 0 saturated heterocycles. The quantitative estimate of drug-likeness (QED) is 0.798. The third-order valence-electron chi connectivity index (χ3n) is 2.46. The summed E-state index contributed by atoms with van der Waals surface area (Å²) in [7, 11) is 0. The smallest absolute Gasteiger partial charge is 0.0681 e. The minimum atomic E-state index is 0.147. The Hall–Kier alpha value is -0.470.